The van der Waals surface area contributed by atoms with E-state index in [1.807, 2.05) is 24.4 Å². The molecule has 1 unspecified atom stereocenters. The lowest BCUT2D eigenvalue weighted by Gasteiger charge is -2.36. The molecule has 84 heavy (non-hydrogen) atoms. The molecule has 0 saturated heterocycles. The highest BCUT2D eigenvalue weighted by Crippen LogP contribution is 2.62. The molecule has 0 radical (unpaired) electrons. The van der Waals surface area contributed by atoms with Crippen molar-refractivity contribution >= 4 is 111 Å². The van der Waals surface area contributed by atoms with Gasteiger partial charge in [0.15, 0.2) is 0 Å². The molecule has 16 rings (SSSR count). The summed E-state index contributed by atoms with van der Waals surface area (Å²) in [6.45, 7) is 13.5. The quantitative estimate of drug-likeness (QED) is 0.150. The number of anilines is 6. The molecule has 0 aliphatic heterocycles. The number of aromatic nitrogens is 2. The van der Waals surface area contributed by atoms with Crippen molar-refractivity contribution in [3.8, 4) is 11.1 Å². The summed E-state index contributed by atoms with van der Waals surface area (Å²) in [5.74, 6) is 0.777. The summed E-state index contributed by atoms with van der Waals surface area (Å²) in [5, 5.41) is 8.50. The number of furan rings is 3. The zero-order chi connectivity index (χ0) is 56.6. The molecule has 10 aromatic carbocycles. The van der Waals surface area contributed by atoms with Crippen LogP contribution >= 0.6 is 0 Å². The number of hydrogen-bond acceptors (Lipinski definition) is 7. The number of rotatable bonds is 8. The fourth-order valence-corrected chi connectivity index (χ4v) is 13.4. The molecule has 7 heteroatoms. The zero-order valence-corrected chi connectivity index (χ0v) is 47.6. The maximum atomic E-state index is 7.46. The van der Waals surface area contributed by atoms with Gasteiger partial charge in [-0.3, -0.25) is 4.90 Å². The average molecular weight is 1090 g/mol. The Labute approximate surface area is 486 Å². The summed E-state index contributed by atoms with van der Waals surface area (Å²) in [5.41, 5.74) is 17.4. The largest absolute Gasteiger partial charge is 0.456 e. The van der Waals surface area contributed by atoms with Crippen LogP contribution in [0.4, 0.5) is 34.3 Å². The number of pyridine rings is 2. The molecule has 0 N–H and O–H groups in total. The van der Waals surface area contributed by atoms with Crippen LogP contribution in [-0.2, 0) is 16.2 Å². The minimum Gasteiger partial charge on any atom is -0.456 e. The average Bonchev–Trinajstić information content (AvgIpc) is 1.61. The van der Waals surface area contributed by atoms with E-state index in [0.29, 0.717) is 5.71 Å². The van der Waals surface area contributed by atoms with Crippen LogP contribution < -0.4 is 9.80 Å². The molecule has 0 saturated carbocycles. The predicted molar refractivity (Wildman–Crippen MR) is 345 cm³/mol. The predicted octanol–water partition coefficient (Wildman–Crippen LogP) is 21.2. The second kappa shape index (κ2) is 18.4. The lowest BCUT2D eigenvalue weighted by Crippen LogP contribution is -2.29. The van der Waals surface area contributed by atoms with Crippen LogP contribution in [0.5, 0.6) is 0 Å². The number of nitrogens with zero attached hydrogens (tertiary/aromatic N) is 4. The van der Waals surface area contributed by atoms with E-state index in [9.17, 15) is 0 Å². The van der Waals surface area contributed by atoms with E-state index in [-0.39, 0.29) is 10.8 Å². The van der Waals surface area contributed by atoms with Gasteiger partial charge in [0.05, 0.1) is 22.2 Å². The molecule has 0 spiro atoms. The van der Waals surface area contributed by atoms with E-state index < -0.39 is 5.41 Å². The number of hydrogen-bond donors (Lipinski definition) is 0. The lowest BCUT2D eigenvalue weighted by molar-refractivity contribution is 0.587. The minimum absolute atomic E-state index is 0.0584. The normalized spacial score (nSPS) is 14.4. The summed E-state index contributed by atoms with van der Waals surface area (Å²) < 4.78 is 20.7. The van der Waals surface area contributed by atoms with Crippen LogP contribution in [0.25, 0.3) is 87.8 Å². The van der Waals surface area contributed by atoms with Crippen LogP contribution in [0.2, 0.25) is 0 Å². The van der Waals surface area contributed by atoms with Crippen molar-refractivity contribution in [1.29, 1.82) is 0 Å². The Morgan fingerprint density at radius 1 is 0.393 bits per heavy atom. The summed E-state index contributed by atoms with van der Waals surface area (Å²) in [6, 6.07) is 83.7. The van der Waals surface area contributed by atoms with Crippen LogP contribution in [0.15, 0.2) is 256 Å². The van der Waals surface area contributed by atoms with Gasteiger partial charge in [0.1, 0.15) is 33.7 Å². The maximum Gasteiger partial charge on any atom is 0.227 e. The van der Waals surface area contributed by atoms with Crippen LogP contribution in [0.1, 0.15) is 74.9 Å². The second-order valence-corrected chi connectivity index (χ2v) is 24.6. The minimum atomic E-state index is -0.915. The number of fused-ring (bicyclic) bond motifs is 14. The van der Waals surface area contributed by atoms with Gasteiger partial charge < -0.3 is 18.2 Å². The first-order valence-electron chi connectivity index (χ1n) is 28.9. The van der Waals surface area contributed by atoms with Crippen LogP contribution in [0, 0.1) is 0 Å². The molecule has 1 aliphatic rings. The molecule has 1 atom stereocenters. The number of para-hydroxylation sites is 2. The molecule has 404 valence electrons. The molecule has 5 aromatic heterocycles. The molecular formula is C77H58N4O3. The van der Waals surface area contributed by atoms with Crippen LogP contribution in [-0.4, -0.2) is 9.97 Å². The first-order valence-corrected chi connectivity index (χ1v) is 28.9. The first kappa shape index (κ1) is 49.6. The van der Waals surface area contributed by atoms with Crippen molar-refractivity contribution in [3.05, 3.63) is 276 Å². The summed E-state index contributed by atoms with van der Waals surface area (Å²) in [7, 11) is 0. The van der Waals surface area contributed by atoms with Gasteiger partial charge in [-0.05, 0) is 152 Å². The smallest absolute Gasteiger partial charge is 0.227 e. The SMILES string of the molecule is CC(C)(C)c1ccc(N(c2ccc3c(c2)oc2ccccc23)c2cc3c(c4oc5ccccc5c24)-c2ccc(N(c4ccc5c(c4)oc4ncccc45)c4ccc(C(C)(C)C)cn4)cc2C3(c2ccccc2)c2ccc3ccccc3c2)cc1. The highest BCUT2D eigenvalue weighted by molar-refractivity contribution is 6.20. The second-order valence-electron chi connectivity index (χ2n) is 24.6. The van der Waals surface area contributed by atoms with Gasteiger partial charge in [-0.15, -0.1) is 0 Å². The Morgan fingerprint density at radius 3 is 1.75 bits per heavy atom. The Balaban J connectivity index is 1.02. The Bertz CT molecular complexity index is 5120. The van der Waals surface area contributed by atoms with Crippen molar-refractivity contribution < 1.29 is 13.3 Å². The van der Waals surface area contributed by atoms with Gasteiger partial charge in [-0.25, -0.2) is 9.97 Å². The zero-order valence-electron chi connectivity index (χ0n) is 47.6. The van der Waals surface area contributed by atoms with E-state index in [2.05, 4.69) is 269 Å². The van der Waals surface area contributed by atoms with Gasteiger partial charge in [0, 0.05) is 74.1 Å². The van der Waals surface area contributed by atoms with Crippen molar-refractivity contribution in [3.63, 3.8) is 0 Å². The maximum absolute atomic E-state index is 7.46. The Hall–Kier alpha value is -10.2. The van der Waals surface area contributed by atoms with Crippen LogP contribution in [0.3, 0.4) is 0 Å². The highest BCUT2D eigenvalue weighted by atomic mass is 16.3. The summed E-state index contributed by atoms with van der Waals surface area (Å²) >= 11 is 0. The fraction of sp³-hybridized carbons (Fsp3) is 0.117. The molecule has 1 aliphatic carbocycles. The highest BCUT2D eigenvalue weighted by Gasteiger charge is 2.49. The fourth-order valence-electron chi connectivity index (χ4n) is 13.4. The van der Waals surface area contributed by atoms with Gasteiger partial charge in [-0.2, -0.15) is 0 Å². The standard InChI is InChI=1S/C77H58N4O3/c1-75(2,3)49-28-31-53(32-29-49)80(55-33-36-58-57-21-12-14-24-66(57)82-68(58)43-55)65-45-64-71(73-72(65)62-22-13-15-25-67(62)83-73)61-38-35-54(42-63(61)77(64,50-19-8-7-9-20-50)51-27-26-47-17-10-11-18-48(47)41-51)81(70-39-30-52(46-79-70)76(4,5)6)56-34-37-59-60-23-16-40-78-74(60)84-69(59)44-56/h7-46H,1-6H3. The van der Waals surface area contributed by atoms with E-state index in [4.69, 9.17) is 18.2 Å². The van der Waals surface area contributed by atoms with Gasteiger partial charge in [0.25, 0.3) is 0 Å². The molecule has 5 heterocycles. The van der Waals surface area contributed by atoms with E-state index >= 15 is 0 Å². The van der Waals surface area contributed by atoms with Gasteiger partial charge in [0.2, 0.25) is 5.71 Å². The monoisotopic (exact) mass is 1090 g/mol. The van der Waals surface area contributed by atoms with Crippen molar-refractivity contribution in [2.75, 3.05) is 9.80 Å². The summed E-state index contributed by atoms with van der Waals surface area (Å²) in [6.07, 6.45) is 3.80. The Kier molecular flexibility index (Phi) is 10.8. The number of benzene rings is 10. The molecular weight excluding hydrogens is 1030 g/mol. The first-order chi connectivity index (χ1) is 40.9. The summed E-state index contributed by atoms with van der Waals surface area (Å²) in [4.78, 5) is 14.6. The molecule has 0 bridgehead atoms. The Morgan fingerprint density at radius 2 is 1.00 bits per heavy atom. The van der Waals surface area contributed by atoms with Crippen molar-refractivity contribution in [2.24, 2.45) is 0 Å². The third-order valence-electron chi connectivity index (χ3n) is 17.5. The van der Waals surface area contributed by atoms with Crippen molar-refractivity contribution in [2.45, 2.75) is 57.8 Å². The third-order valence-corrected chi connectivity index (χ3v) is 17.5. The van der Waals surface area contributed by atoms with E-state index in [1.165, 1.54) is 10.9 Å². The van der Waals surface area contributed by atoms with E-state index in [1.54, 1.807) is 6.20 Å². The van der Waals surface area contributed by atoms with Gasteiger partial charge >= 0.3 is 0 Å². The molecule has 0 fully saturated rings. The third kappa shape index (κ3) is 7.58. The topological polar surface area (TPSA) is 71.7 Å². The molecule has 15 aromatic rings. The molecule has 0 amide bonds. The van der Waals surface area contributed by atoms with Gasteiger partial charge in [-0.1, -0.05) is 169 Å². The molecule has 7 nitrogen and oxygen atoms in total. The lowest BCUT2D eigenvalue weighted by atomic mass is 9.67. The van der Waals surface area contributed by atoms with Crippen molar-refractivity contribution in [1.82, 2.24) is 9.97 Å². The van der Waals surface area contributed by atoms with E-state index in [0.717, 1.165) is 139 Å².